The van der Waals surface area contributed by atoms with Crippen LogP contribution in [0.4, 0.5) is 0 Å². The van der Waals surface area contributed by atoms with E-state index in [9.17, 15) is 0 Å². The van der Waals surface area contributed by atoms with Gasteiger partial charge < -0.3 is 4.42 Å². The third kappa shape index (κ3) is 4.33. The van der Waals surface area contributed by atoms with Gasteiger partial charge in [-0.25, -0.2) is 0 Å². The minimum Gasteiger partial charge on any atom is -0.456 e. The molecule has 4 aromatic rings. The lowest BCUT2D eigenvalue weighted by Crippen LogP contribution is -2.20. The van der Waals surface area contributed by atoms with E-state index in [1.807, 2.05) is 55.5 Å². The SMILES string of the molecule is C=NC(=C\C(=NCC)c1cccc2c1-c1ccccc1C2)/C=c1\c(=C/C=C\C)oc2ccccc12. The number of para-hydroxylation sites is 1. The van der Waals surface area contributed by atoms with Crippen molar-refractivity contribution in [3.8, 4) is 11.1 Å². The van der Waals surface area contributed by atoms with Gasteiger partial charge in [0.25, 0.3) is 0 Å². The number of aliphatic imine (C=N–C) groups is 2. The molecule has 0 saturated heterocycles. The van der Waals surface area contributed by atoms with Gasteiger partial charge in [-0.05, 0) is 73.5 Å². The van der Waals surface area contributed by atoms with Crippen LogP contribution in [0.5, 0.6) is 0 Å². The van der Waals surface area contributed by atoms with Gasteiger partial charge in [-0.3, -0.25) is 9.98 Å². The first-order valence-electron chi connectivity index (χ1n) is 12.0. The van der Waals surface area contributed by atoms with Crippen LogP contribution in [-0.2, 0) is 6.42 Å². The van der Waals surface area contributed by atoms with Crippen molar-refractivity contribution in [2.45, 2.75) is 20.3 Å². The van der Waals surface area contributed by atoms with E-state index in [1.54, 1.807) is 0 Å². The number of hydrogen-bond acceptors (Lipinski definition) is 3. The maximum absolute atomic E-state index is 6.13. The van der Waals surface area contributed by atoms with Crippen LogP contribution in [-0.4, -0.2) is 19.0 Å². The fourth-order valence-electron chi connectivity index (χ4n) is 4.74. The van der Waals surface area contributed by atoms with Crippen LogP contribution in [0.15, 0.2) is 105 Å². The maximum atomic E-state index is 6.13. The summed E-state index contributed by atoms with van der Waals surface area (Å²) in [5.74, 6) is 0. The monoisotopic (exact) mass is 456 g/mol. The molecule has 35 heavy (non-hydrogen) atoms. The highest BCUT2D eigenvalue weighted by atomic mass is 16.3. The third-order valence-electron chi connectivity index (χ3n) is 6.28. The van der Waals surface area contributed by atoms with E-state index in [0.717, 1.165) is 45.0 Å². The summed E-state index contributed by atoms with van der Waals surface area (Å²) in [4.78, 5) is 9.26. The van der Waals surface area contributed by atoms with Crippen molar-refractivity contribution >= 4 is 35.6 Å². The van der Waals surface area contributed by atoms with Crippen molar-refractivity contribution in [1.82, 2.24) is 0 Å². The predicted molar refractivity (Wildman–Crippen MR) is 149 cm³/mol. The molecule has 3 nitrogen and oxygen atoms in total. The van der Waals surface area contributed by atoms with E-state index in [0.29, 0.717) is 6.54 Å². The second-order valence-electron chi connectivity index (χ2n) is 8.47. The summed E-state index contributed by atoms with van der Waals surface area (Å²) in [6.45, 7) is 8.59. The Morgan fingerprint density at radius 3 is 2.63 bits per heavy atom. The van der Waals surface area contributed by atoms with E-state index in [2.05, 4.69) is 67.2 Å². The first-order valence-corrected chi connectivity index (χ1v) is 12.0. The largest absolute Gasteiger partial charge is 0.456 e. The molecule has 3 aromatic carbocycles. The molecule has 0 unspecified atom stereocenters. The van der Waals surface area contributed by atoms with E-state index in [-0.39, 0.29) is 0 Å². The quantitative estimate of drug-likeness (QED) is 0.279. The van der Waals surface area contributed by atoms with Crippen LogP contribution in [0.1, 0.15) is 30.5 Å². The Bertz CT molecular complexity index is 1630. The van der Waals surface area contributed by atoms with Crippen LogP contribution < -0.4 is 10.6 Å². The highest BCUT2D eigenvalue weighted by molar-refractivity contribution is 6.14. The van der Waals surface area contributed by atoms with E-state index >= 15 is 0 Å². The summed E-state index contributed by atoms with van der Waals surface area (Å²) < 4.78 is 6.13. The average Bonchev–Trinajstić information content (AvgIpc) is 3.44. The van der Waals surface area contributed by atoms with Crippen molar-refractivity contribution in [3.05, 3.63) is 118 Å². The summed E-state index contributed by atoms with van der Waals surface area (Å²) in [5.41, 5.74) is 9.66. The second-order valence-corrected chi connectivity index (χ2v) is 8.47. The fourth-order valence-corrected chi connectivity index (χ4v) is 4.74. The number of nitrogens with zero attached hydrogens (tertiary/aromatic N) is 2. The lowest BCUT2D eigenvalue weighted by atomic mass is 9.95. The fraction of sp³-hybridized carbons (Fsp3) is 0.125. The van der Waals surface area contributed by atoms with Gasteiger partial charge in [0.05, 0.1) is 11.4 Å². The normalized spacial score (nSPS) is 14.7. The minimum absolute atomic E-state index is 0.677. The first kappa shape index (κ1) is 22.5. The number of furan rings is 1. The lowest BCUT2D eigenvalue weighted by Gasteiger charge is -2.11. The van der Waals surface area contributed by atoms with Crippen molar-refractivity contribution in [2.75, 3.05) is 6.54 Å². The number of allylic oxidation sites excluding steroid dienone is 4. The zero-order valence-electron chi connectivity index (χ0n) is 20.2. The highest BCUT2D eigenvalue weighted by Crippen LogP contribution is 2.39. The lowest BCUT2D eigenvalue weighted by molar-refractivity contribution is 0.575. The molecule has 3 heteroatoms. The standard InChI is InChI=1S/C32H28N2O/c1-4-6-17-31-28(26-15-9-10-18-30(26)35-31)20-24(33-3)21-29(34-5-2)27-16-11-13-23-19-22-12-7-8-14-25(22)32(23)27/h4,6-18,20-21H,3,5,19H2,1-2H3/b6-4-,24-21-,28-20-,31-17+,34-29?. The molecule has 0 amide bonds. The molecule has 172 valence electrons. The molecule has 0 atom stereocenters. The van der Waals surface area contributed by atoms with Gasteiger partial charge in [0, 0.05) is 22.7 Å². The number of hydrogen-bond donors (Lipinski definition) is 0. The Labute approximate surface area is 205 Å². The molecule has 1 heterocycles. The van der Waals surface area contributed by atoms with Gasteiger partial charge in [-0.15, -0.1) is 0 Å². The van der Waals surface area contributed by atoms with Crippen molar-refractivity contribution in [3.63, 3.8) is 0 Å². The third-order valence-corrected chi connectivity index (χ3v) is 6.28. The zero-order chi connectivity index (χ0) is 24.2. The van der Waals surface area contributed by atoms with Gasteiger partial charge in [-0.1, -0.05) is 72.8 Å². The molecule has 0 aliphatic heterocycles. The summed E-state index contributed by atoms with van der Waals surface area (Å²) in [7, 11) is 0. The number of benzene rings is 3. The highest BCUT2D eigenvalue weighted by Gasteiger charge is 2.22. The smallest absolute Gasteiger partial charge is 0.135 e. The zero-order valence-corrected chi connectivity index (χ0v) is 20.2. The maximum Gasteiger partial charge on any atom is 0.135 e. The van der Waals surface area contributed by atoms with E-state index in [4.69, 9.17) is 9.41 Å². The Morgan fingerprint density at radius 2 is 1.80 bits per heavy atom. The number of rotatable bonds is 6. The Morgan fingerprint density at radius 1 is 1.00 bits per heavy atom. The van der Waals surface area contributed by atoms with Crippen molar-refractivity contribution < 1.29 is 4.42 Å². The van der Waals surface area contributed by atoms with Gasteiger partial charge in [-0.2, -0.15) is 0 Å². The average molecular weight is 457 g/mol. The predicted octanol–water partition coefficient (Wildman–Crippen LogP) is 6.23. The summed E-state index contributed by atoms with van der Waals surface area (Å²) in [6, 6.07) is 23.2. The molecule has 0 fully saturated rings. The molecular weight excluding hydrogens is 428 g/mol. The molecule has 1 aromatic heterocycles. The molecule has 0 saturated carbocycles. The van der Waals surface area contributed by atoms with Gasteiger partial charge in [0.2, 0.25) is 0 Å². The Hall–Kier alpha value is -4.24. The molecular formula is C32H28N2O. The minimum atomic E-state index is 0.677. The topological polar surface area (TPSA) is 37.9 Å². The van der Waals surface area contributed by atoms with Crippen molar-refractivity contribution in [1.29, 1.82) is 0 Å². The number of fused-ring (bicyclic) bond motifs is 4. The molecule has 0 radical (unpaired) electrons. The van der Waals surface area contributed by atoms with Gasteiger partial charge in [0.1, 0.15) is 11.0 Å². The first-order chi connectivity index (χ1) is 17.2. The van der Waals surface area contributed by atoms with Crippen LogP contribution in [0, 0.1) is 0 Å². The summed E-state index contributed by atoms with van der Waals surface area (Å²) in [5, 5.41) is 2.03. The molecule has 5 rings (SSSR count). The molecule has 0 bridgehead atoms. The summed E-state index contributed by atoms with van der Waals surface area (Å²) >= 11 is 0. The van der Waals surface area contributed by atoms with Crippen LogP contribution in [0.3, 0.4) is 0 Å². The Balaban J connectivity index is 1.70. The van der Waals surface area contributed by atoms with Crippen LogP contribution in [0.2, 0.25) is 0 Å². The van der Waals surface area contributed by atoms with Gasteiger partial charge >= 0.3 is 0 Å². The van der Waals surface area contributed by atoms with E-state index in [1.165, 1.54) is 22.3 Å². The molecule has 0 spiro atoms. The molecule has 1 aliphatic carbocycles. The van der Waals surface area contributed by atoms with Crippen molar-refractivity contribution in [2.24, 2.45) is 9.98 Å². The van der Waals surface area contributed by atoms with Crippen LogP contribution >= 0.6 is 0 Å². The molecule has 1 aliphatic rings. The van der Waals surface area contributed by atoms with E-state index < -0.39 is 0 Å². The second kappa shape index (κ2) is 9.94. The summed E-state index contributed by atoms with van der Waals surface area (Å²) in [6.07, 6.45) is 11.0. The van der Waals surface area contributed by atoms with Gasteiger partial charge in [0.15, 0.2) is 0 Å². The molecule has 0 N–H and O–H groups in total. The van der Waals surface area contributed by atoms with Crippen LogP contribution in [0.25, 0.3) is 34.2 Å². The Kier molecular flexibility index (Phi) is 6.40.